The van der Waals surface area contributed by atoms with Crippen molar-refractivity contribution < 1.29 is 22.7 Å². The molecule has 3 aromatic carbocycles. The summed E-state index contributed by atoms with van der Waals surface area (Å²) < 4.78 is 40.1. The molecular weight excluding hydrogens is 572 g/mol. The van der Waals surface area contributed by atoms with Gasteiger partial charge in [-0.3, -0.25) is 14.7 Å². The molecule has 11 heteroatoms. The van der Waals surface area contributed by atoms with E-state index in [1.165, 1.54) is 39.9 Å². The van der Waals surface area contributed by atoms with Crippen molar-refractivity contribution in [3.8, 4) is 11.5 Å². The monoisotopic (exact) mass is 602 g/mol. The van der Waals surface area contributed by atoms with Crippen LogP contribution in [0, 0.1) is 0 Å². The fourth-order valence-electron chi connectivity index (χ4n) is 4.52. The van der Waals surface area contributed by atoms with Crippen molar-refractivity contribution in [2.24, 2.45) is 0 Å². The normalized spacial score (nSPS) is 11.5. The van der Waals surface area contributed by atoms with Crippen molar-refractivity contribution in [2.75, 3.05) is 25.7 Å². The number of thiazole rings is 1. The van der Waals surface area contributed by atoms with Gasteiger partial charge >= 0.3 is 0 Å². The molecule has 0 fully saturated rings. The summed E-state index contributed by atoms with van der Waals surface area (Å²) in [6, 6.07) is 22.7. The van der Waals surface area contributed by atoms with E-state index in [1.54, 1.807) is 56.6 Å². The number of ether oxygens (including phenoxy) is 2. The number of carbonyl (C=O) groups is 1. The van der Waals surface area contributed by atoms with Crippen molar-refractivity contribution in [3.63, 3.8) is 0 Å². The number of hydrogen-bond acceptors (Lipinski definition) is 8. The maximum absolute atomic E-state index is 14.0. The molecule has 0 radical (unpaired) electrons. The first-order valence-corrected chi connectivity index (χ1v) is 15.5. The molecule has 5 rings (SSSR count). The maximum atomic E-state index is 14.0. The molecule has 0 atom stereocenters. The van der Waals surface area contributed by atoms with Gasteiger partial charge < -0.3 is 9.47 Å². The quantitative estimate of drug-likeness (QED) is 0.189. The minimum Gasteiger partial charge on any atom is -0.495 e. The zero-order valence-electron chi connectivity index (χ0n) is 23.4. The Morgan fingerprint density at radius 3 is 2.19 bits per heavy atom. The highest BCUT2D eigenvalue weighted by Gasteiger charge is 2.27. The summed E-state index contributed by atoms with van der Waals surface area (Å²) in [6.45, 7) is 2.57. The van der Waals surface area contributed by atoms with E-state index in [1.807, 2.05) is 36.4 Å². The lowest BCUT2D eigenvalue weighted by molar-refractivity contribution is 0.0985. The van der Waals surface area contributed by atoms with Crippen LogP contribution in [-0.2, 0) is 23.1 Å². The highest BCUT2D eigenvalue weighted by molar-refractivity contribution is 7.89. The van der Waals surface area contributed by atoms with Gasteiger partial charge in [-0.15, -0.1) is 0 Å². The van der Waals surface area contributed by atoms with Gasteiger partial charge in [0.25, 0.3) is 5.91 Å². The number of hydrogen-bond donors (Lipinski definition) is 0. The Balaban J connectivity index is 1.48. The number of fused-ring (bicyclic) bond motifs is 1. The van der Waals surface area contributed by atoms with Gasteiger partial charge in [0.1, 0.15) is 21.7 Å². The predicted octanol–water partition coefficient (Wildman–Crippen LogP) is 5.77. The smallest absolute Gasteiger partial charge is 0.260 e. The lowest BCUT2D eigenvalue weighted by Crippen LogP contribution is -2.31. The number of benzene rings is 3. The number of carbonyl (C=O) groups excluding carboxylic acids is 1. The number of amides is 1. The molecule has 2 aromatic heterocycles. The lowest BCUT2D eigenvalue weighted by atomic mass is 10.2. The molecule has 216 valence electrons. The number of aromatic nitrogens is 2. The summed E-state index contributed by atoms with van der Waals surface area (Å²) in [5.74, 6) is 0.845. The minimum atomic E-state index is -3.78. The van der Waals surface area contributed by atoms with E-state index in [-0.39, 0.29) is 23.9 Å². The lowest BCUT2D eigenvalue weighted by Gasteiger charge is -2.22. The average molecular weight is 603 g/mol. The molecule has 2 heterocycles. The molecule has 0 spiro atoms. The summed E-state index contributed by atoms with van der Waals surface area (Å²) in [5, 5.41) is 0.443. The molecule has 42 heavy (non-hydrogen) atoms. The van der Waals surface area contributed by atoms with E-state index >= 15 is 0 Å². The standard InChI is InChI=1S/C31H30N4O5S2/c1-4-34(20-22-9-6-5-7-10-22)42(37,38)25-14-12-24(13-15-25)30(36)35(21-23-11-8-18-32-19-23)31-33-28-26(39-2)16-17-27(40-3)29(28)41-31/h5-19H,4,20-21H2,1-3H3. The van der Waals surface area contributed by atoms with E-state index in [9.17, 15) is 13.2 Å². The summed E-state index contributed by atoms with van der Waals surface area (Å²) >= 11 is 1.31. The minimum absolute atomic E-state index is 0.116. The predicted molar refractivity (Wildman–Crippen MR) is 164 cm³/mol. The average Bonchev–Trinajstić information content (AvgIpc) is 3.48. The molecular formula is C31H30N4O5S2. The molecule has 0 saturated heterocycles. The van der Waals surface area contributed by atoms with Gasteiger partial charge in [-0.2, -0.15) is 4.31 Å². The molecule has 0 unspecified atom stereocenters. The Morgan fingerprint density at radius 1 is 0.857 bits per heavy atom. The van der Waals surface area contributed by atoms with E-state index in [2.05, 4.69) is 4.98 Å². The Kier molecular flexibility index (Phi) is 8.81. The largest absolute Gasteiger partial charge is 0.495 e. The third-order valence-corrected chi connectivity index (χ3v) is 9.76. The van der Waals surface area contributed by atoms with Crippen LogP contribution in [-0.4, -0.2) is 49.4 Å². The third-order valence-electron chi connectivity index (χ3n) is 6.73. The van der Waals surface area contributed by atoms with Crippen molar-refractivity contribution in [2.45, 2.75) is 24.9 Å². The van der Waals surface area contributed by atoms with Crippen molar-refractivity contribution in [1.29, 1.82) is 0 Å². The van der Waals surface area contributed by atoms with Gasteiger partial charge in [0.15, 0.2) is 5.13 Å². The third kappa shape index (κ3) is 5.98. The molecule has 0 aliphatic carbocycles. The Labute approximate surface area is 249 Å². The molecule has 5 aromatic rings. The van der Waals surface area contributed by atoms with Crippen molar-refractivity contribution in [3.05, 3.63) is 108 Å². The molecule has 0 aliphatic heterocycles. The molecule has 0 saturated carbocycles. The van der Waals surface area contributed by atoms with Crippen LogP contribution >= 0.6 is 11.3 Å². The second-order valence-electron chi connectivity index (χ2n) is 9.34. The number of sulfonamides is 1. The highest BCUT2D eigenvalue weighted by Crippen LogP contribution is 2.40. The first kappa shape index (κ1) is 29.2. The molecule has 0 bridgehead atoms. The summed E-state index contributed by atoms with van der Waals surface area (Å²) in [5.41, 5.74) is 2.61. The van der Waals surface area contributed by atoms with Gasteiger partial charge in [0, 0.05) is 31.0 Å². The summed E-state index contributed by atoms with van der Waals surface area (Å²) in [6.07, 6.45) is 3.36. The van der Waals surface area contributed by atoms with Gasteiger partial charge in [-0.05, 0) is 53.6 Å². The van der Waals surface area contributed by atoms with Gasteiger partial charge in [0.2, 0.25) is 10.0 Å². The maximum Gasteiger partial charge on any atom is 0.260 e. The van der Waals surface area contributed by atoms with Gasteiger partial charge in [0.05, 0.1) is 25.7 Å². The Hall–Kier alpha value is -4.32. The van der Waals surface area contributed by atoms with Crippen LogP contribution in [0.5, 0.6) is 11.5 Å². The molecule has 9 nitrogen and oxygen atoms in total. The number of rotatable bonds is 11. The van der Waals surface area contributed by atoms with Crippen molar-refractivity contribution in [1.82, 2.24) is 14.3 Å². The van der Waals surface area contributed by atoms with E-state index in [0.717, 1.165) is 15.8 Å². The summed E-state index contributed by atoms with van der Waals surface area (Å²) in [7, 11) is -0.642. The highest BCUT2D eigenvalue weighted by atomic mass is 32.2. The molecule has 0 aliphatic rings. The number of nitrogens with zero attached hydrogens (tertiary/aromatic N) is 4. The second-order valence-corrected chi connectivity index (χ2v) is 12.3. The van der Waals surface area contributed by atoms with Gasteiger partial charge in [-0.1, -0.05) is 54.7 Å². The second kappa shape index (κ2) is 12.7. The Bertz CT molecular complexity index is 1740. The van der Waals surface area contributed by atoms with Crippen LogP contribution in [0.2, 0.25) is 0 Å². The van der Waals surface area contributed by atoms with Crippen molar-refractivity contribution >= 4 is 42.6 Å². The molecule has 0 N–H and O–H groups in total. The fourth-order valence-corrected chi connectivity index (χ4v) is 7.03. The molecule has 1 amide bonds. The zero-order chi connectivity index (χ0) is 29.7. The van der Waals surface area contributed by atoms with E-state index in [0.29, 0.717) is 34.3 Å². The first-order chi connectivity index (χ1) is 20.3. The van der Waals surface area contributed by atoms with Crippen LogP contribution in [0.4, 0.5) is 5.13 Å². The Morgan fingerprint density at radius 2 is 1.55 bits per heavy atom. The topological polar surface area (TPSA) is 102 Å². The van der Waals surface area contributed by atoms with Crippen LogP contribution in [0.1, 0.15) is 28.4 Å². The number of anilines is 1. The fraction of sp³-hybridized carbons (Fsp3) is 0.194. The SMILES string of the molecule is CCN(Cc1ccccc1)S(=O)(=O)c1ccc(C(=O)N(Cc2cccnc2)c2nc3c(OC)ccc(OC)c3s2)cc1. The summed E-state index contributed by atoms with van der Waals surface area (Å²) in [4.78, 5) is 24.6. The van der Waals surface area contributed by atoms with Gasteiger partial charge in [-0.25, -0.2) is 13.4 Å². The first-order valence-electron chi connectivity index (χ1n) is 13.2. The van der Waals surface area contributed by atoms with Crippen LogP contribution in [0.25, 0.3) is 10.2 Å². The van der Waals surface area contributed by atoms with E-state index in [4.69, 9.17) is 14.5 Å². The van der Waals surface area contributed by atoms with Crippen LogP contribution in [0.15, 0.2) is 96.2 Å². The van der Waals surface area contributed by atoms with Crippen LogP contribution in [0.3, 0.4) is 0 Å². The van der Waals surface area contributed by atoms with E-state index < -0.39 is 10.0 Å². The zero-order valence-corrected chi connectivity index (χ0v) is 25.1. The number of pyridine rings is 1. The van der Waals surface area contributed by atoms with Crippen LogP contribution < -0.4 is 14.4 Å². The number of methoxy groups -OCH3 is 2.